The molecule has 2 fully saturated rings. The molecule has 2 nitrogen and oxygen atoms in total. The quantitative estimate of drug-likeness (QED) is 0.853. The van der Waals surface area contributed by atoms with Crippen molar-refractivity contribution in [3.8, 4) is 0 Å². The van der Waals surface area contributed by atoms with Crippen LogP contribution in [0.5, 0.6) is 0 Å². The fourth-order valence-electron chi connectivity index (χ4n) is 3.57. The van der Waals surface area contributed by atoms with E-state index in [9.17, 15) is 13.2 Å². The van der Waals surface area contributed by atoms with E-state index >= 15 is 0 Å². The summed E-state index contributed by atoms with van der Waals surface area (Å²) in [6.07, 6.45) is 0.845. The highest BCUT2D eigenvalue weighted by Gasteiger charge is 2.47. The smallest absolute Gasteiger partial charge is 0.311 e. The predicted octanol–water partition coefficient (Wildman–Crippen LogP) is 3.18. The van der Waals surface area contributed by atoms with Crippen LogP contribution in [0.4, 0.5) is 13.2 Å². The van der Waals surface area contributed by atoms with Crippen LogP contribution < -0.4 is 5.32 Å². The molecule has 0 amide bonds. The Morgan fingerprint density at radius 2 is 1.95 bits per heavy atom. The van der Waals surface area contributed by atoms with Gasteiger partial charge in [0.2, 0.25) is 0 Å². The van der Waals surface area contributed by atoms with Crippen LogP contribution in [-0.4, -0.2) is 42.3 Å². The van der Waals surface area contributed by atoms with Crippen LogP contribution in [-0.2, 0) is 0 Å². The lowest BCUT2D eigenvalue weighted by Gasteiger charge is -2.49. The molecule has 1 aliphatic heterocycles. The first-order valence-electron chi connectivity index (χ1n) is 7.41. The lowest BCUT2D eigenvalue weighted by molar-refractivity contribution is -0.165. The number of hydrogen-bond donors (Lipinski definition) is 1. The summed E-state index contributed by atoms with van der Waals surface area (Å²) in [6.45, 7) is 4.73. The van der Waals surface area contributed by atoms with Gasteiger partial charge in [0.25, 0.3) is 0 Å². The normalized spacial score (nSPS) is 29.8. The molecule has 1 saturated heterocycles. The lowest BCUT2D eigenvalue weighted by atomic mass is 9.87. The monoisotopic (exact) mass is 278 g/mol. The molecule has 2 aliphatic rings. The third-order valence-electron chi connectivity index (χ3n) is 5.02. The van der Waals surface area contributed by atoms with Crippen molar-refractivity contribution in [3.63, 3.8) is 0 Å². The molecule has 1 aliphatic carbocycles. The molecule has 0 aromatic rings. The molecular weight excluding hydrogens is 253 g/mol. The number of rotatable bonds is 3. The van der Waals surface area contributed by atoms with Crippen LogP contribution in [0.15, 0.2) is 0 Å². The highest BCUT2D eigenvalue weighted by Crippen LogP contribution is 2.39. The van der Waals surface area contributed by atoms with Crippen LogP contribution in [0.2, 0.25) is 0 Å². The minimum atomic E-state index is -4.09. The van der Waals surface area contributed by atoms with Crippen molar-refractivity contribution in [2.24, 2.45) is 5.92 Å². The number of hydrogen-bond acceptors (Lipinski definition) is 2. The molecule has 5 heteroatoms. The number of halogens is 3. The van der Waals surface area contributed by atoms with Crippen molar-refractivity contribution in [2.75, 3.05) is 19.6 Å². The highest BCUT2D eigenvalue weighted by atomic mass is 19.4. The standard InChI is InChI=1S/C14H25F3N2/c1-3-11(2)12-8-19(10-14(15,16)17)13(9-18-12)6-4-5-7-13/h11-12,18H,3-10H2,1-2H3. The number of nitrogens with zero attached hydrogens (tertiary/aromatic N) is 1. The Kier molecular flexibility index (Phi) is 4.45. The number of piperazine rings is 1. The molecule has 2 unspecified atom stereocenters. The number of alkyl halides is 3. The molecule has 2 atom stereocenters. The molecular formula is C14H25F3N2. The van der Waals surface area contributed by atoms with E-state index in [1.807, 2.05) is 0 Å². The Morgan fingerprint density at radius 1 is 1.32 bits per heavy atom. The van der Waals surface area contributed by atoms with Gasteiger partial charge in [-0.25, -0.2) is 0 Å². The second kappa shape index (κ2) is 5.60. The van der Waals surface area contributed by atoms with E-state index < -0.39 is 12.7 Å². The van der Waals surface area contributed by atoms with Gasteiger partial charge in [-0.3, -0.25) is 4.90 Å². The Hall–Kier alpha value is -0.290. The molecule has 2 rings (SSSR count). The van der Waals surface area contributed by atoms with Crippen molar-refractivity contribution in [1.82, 2.24) is 10.2 Å². The first kappa shape index (κ1) is 15.1. The van der Waals surface area contributed by atoms with Gasteiger partial charge in [0, 0.05) is 24.7 Å². The Bertz CT molecular complexity index is 298. The second-order valence-corrected chi connectivity index (χ2v) is 6.30. The molecule has 1 saturated carbocycles. The maximum absolute atomic E-state index is 12.8. The minimum Gasteiger partial charge on any atom is -0.311 e. The molecule has 1 N–H and O–H groups in total. The maximum Gasteiger partial charge on any atom is 0.401 e. The molecule has 1 heterocycles. The third-order valence-corrected chi connectivity index (χ3v) is 5.02. The molecule has 0 aromatic heterocycles. The fraction of sp³-hybridized carbons (Fsp3) is 1.00. The van der Waals surface area contributed by atoms with E-state index in [4.69, 9.17) is 0 Å². The Labute approximate surface area is 113 Å². The van der Waals surface area contributed by atoms with Crippen LogP contribution in [0, 0.1) is 5.92 Å². The van der Waals surface area contributed by atoms with E-state index in [1.54, 1.807) is 4.90 Å². The van der Waals surface area contributed by atoms with Crippen LogP contribution >= 0.6 is 0 Å². The van der Waals surface area contributed by atoms with Crippen LogP contribution in [0.25, 0.3) is 0 Å². The van der Waals surface area contributed by atoms with E-state index in [0.29, 0.717) is 12.5 Å². The summed E-state index contributed by atoms with van der Waals surface area (Å²) < 4.78 is 38.5. The topological polar surface area (TPSA) is 15.3 Å². The summed E-state index contributed by atoms with van der Waals surface area (Å²) in [5, 5.41) is 3.51. The summed E-state index contributed by atoms with van der Waals surface area (Å²) in [4.78, 5) is 1.73. The van der Waals surface area contributed by atoms with Gasteiger partial charge >= 0.3 is 6.18 Å². The van der Waals surface area contributed by atoms with Crippen molar-refractivity contribution >= 4 is 0 Å². The average molecular weight is 278 g/mol. The fourth-order valence-corrected chi connectivity index (χ4v) is 3.57. The Balaban J connectivity index is 2.10. The molecule has 0 radical (unpaired) electrons. The van der Waals surface area contributed by atoms with Gasteiger partial charge in [-0.2, -0.15) is 13.2 Å². The molecule has 1 spiro atoms. The van der Waals surface area contributed by atoms with E-state index in [2.05, 4.69) is 19.2 Å². The van der Waals surface area contributed by atoms with Crippen molar-refractivity contribution in [1.29, 1.82) is 0 Å². The van der Waals surface area contributed by atoms with Crippen LogP contribution in [0.3, 0.4) is 0 Å². The van der Waals surface area contributed by atoms with E-state index in [1.165, 1.54) is 0 Å². The van der Waals surface area contributed by atoms with Gasteiger partial charge in [-0.1, -0.05) is 33.1 Å². The molecule has 19 heavy (non-hydrogen) atoms. The molecule has 0 bridgehead atoms. The zero-order valence-electron chi connectivity index (χ0n) is 11.9. The highest BCUT2D eigenvalue weighted by molar-refractivity contribution is 5.03. The first-order chi connectivity index (χ1) is 8.86. The van der Waals surface area contributed by atoms with Gasteiger partial charge in [-0.15, -0.1) is 0 Å². The van der Waals surface area contributed by atoms with Crippen molar-refractivity contribution in [3.05, 3.63) is 0 Å². The summed E-state index contributed by atoms with van der Waals surface area (Å²) >= 11 is 0. The van der Waals surface area contributed by atoms with Gasteiger partial charge in [0.15, 0.2) is 0 Å². The Morgan fingerprint density at radius 3 is 2.47 bits per heavy atom. The third kappa shape index (κ3) is 3.43. The molecule has 0 aromatic carbocycles. The zero-order chi connectivity index (χ0) is 14.1. The van der Waals surface area contributed by atoms with Crippen molar-refractivity contribution < 1.29 is 13.2 Å². The lowest BCUT2D eigenvalue weighted by Crippen LogP contribution is -2.66. The van der Waals surface area contributed by atoms with Gasteiger partial charge in [0.05, 0.1) is 6.54 Å². The van der Waals surface area contributed by atoms with Gasteiger partial charge in [-0.05, 0) is 18.8 Å². The van der Waals surface area contributed by atoms with E-state index in [-0.39, 0.29) is 11.6 Å². The summed E-state index contributed by atoms with van der Waals surface area (Å²) in [5.41, 5.74) is -0.237. The SMILES string of the molecule is CCC(C)C1CN(CC(F)(F)F)C2(CCCC2)CN1. The summed E-state index contributed by atoms with van der Waals surface area (Å²) in [7, 11) is 0. The summed E-state index contributed by atoms with van der Waals surface area (Å²) in [6, 6.07) is 0.193. The predicted molar refractivity (Wildman–Crippen MR) is 70.1 cm³/mol. The van der Waals surface area contributed by atoms with E-state index in [0.717, 1.165) is 38.6 Å². The van der Waals surface area contributed by atoms with Gasteiger partial charge in [0.1, 0.15) is 0 Å². The minimum absolute atomic E-state index is 0.193. The first-order valence-corrected chi connectivity index (χ1v) is 7.41. The van der Waals surface area contributed by atoms with Crippen molar-refractivity contribution in [2.45, 2.75) is 63.7 Å². The average Bonchev–Trinajstić information content (AvgIpc) is 2.79. The maximum atomic E-state index is 12.8. The number of nitrogens with one attached hydrogen (secondary N) is 1. The summed E-state index contributed by atoms with van der Waals surface area (Å²) in [5.74, 6) is 0.425. The second-order valence-electron chi connectivity index (χ2n) is 6.30. The molecule has 112 valence electrons. The van der Waals surface area contributed by atoms with Gasteiger partial charge < -0.3 is 5.32 Å². The van der Waals surface area contributed by atoms with Crippen LogP contribution in [0.1, 0.15) is 46.0 Å². The largest absolute Gasteiger partial charge is 0.401 e. The zero-order valence-corrected chi connectivity index (χ0v) is 11.9.